The van der Waals surface area contributed by atoms with Gasteiger partial charge in [-0.2, -0.15) is 0 Å². The van der Waals surface area contributed by atoms with Crippen molar-refractivity contribution < 1.29 is 9.31 Å². The van der Waals surface area contributed by atoms with Crippen molar-refractivity contribution in [2.24, 2.45) is 0 Å². The van der Waals surface area contributed by atoms with E-state index in [9.17, 15) is 14.5 Å². The highest BCUT2D eigenvalue weighted by atomic mass is 79.9. The van der Waals surface area contributed by atoms with E-state index in [1.54, 1.807) is 12.1 Å². The number of hydrogen-bond acceptors (Lipinski definition) is 7. The van der Waals surface area contributed by atoms with Crippen molar-refractivity contribution >= 4 is 33.3 Å². The second-order valence-corrected chi connectivity index (χ2v) is 8.41. The third-order valence-corrected chi connectivity index (χ3v) is 5.85. The maximum Gasteiger partial charge on any atom is 0.353 e. The van der Waals surface area contributed by atoms with Crippen molar-refractivity contribution in [3.05, 3.63) is 86.4 Å². The van der Waals surface area contributed by atoms with Crippen molar-refractivity contribution in [1.82, 2.24) is 14.9 Å². The van der Waals surface area contributed by atoms with Crippen LogP contribution < -0.4 is 10.2 Å². The summed E-state index contributed by atoms with van der Waals surface area (Å²) in [4.78, 5) is 23.9. The molecule has 1 aliphatic heterocycles. The summed E-state index contributed by atoms with van der Waals surface area (Å²) in [5.41, 5.74) is 1.42. The number of nitro groups is 1. The van der Waals surface area contributed by atoms with Crippen LogP contribution in [0.15, 0.2) is 59.3 Å². The smallest absolute Gasteiger partial charge is 0.353 e. The van der Waals surface area contributed by atoms with Gasteiger partial charge in [0.15, 0.2) is 0 Å². The summed E-state index contributed by atoms with van der Waals surface area (Å²) in [6.07, 6.45) is 1.30. The van der Waals surface area contributed by atoms with E-state index < -0.39 is 10.7 Å². The summed E-state index contributed by atoms with van der Waals surface area (Å²) in [5.74, 6) is -0.0418. The lowest BCUT2D eigenvalue weighted by Gasteiger charge is -2.35. The molecule has 0 aliphatic carbocycles. The number of benzene rings is 2. The third-order valence-electron chi connectivity index (χ3n) is 5.36. The zero-order valence-electron chi connectivity index (χ0n) is 17.2. The Labute approximate surface area is 193 Å². The molecule has 3 aromatic rings. The first-order valence-corrected chi connectivity index (χ1v) is 11.0. The number of anilines is 2. The Morgan fingerprint density at radius 1 is 1.09 bits per heavy atom. The van der Waals surface area contributed by atoms with Crippen LogP contribution in [0.25, 0.3) is 0 Å². The zero-order valence-corrected chi connectivity index (χ0v) is 18.8. The normalized spacial score (nSPS) is 14.4. The fourth-order valence-electron chi connectivity index (χ4n) is 3.72. The molecule has 0 atom stereocenters. The lowest BCUT2D eigenvalue weighted by Crippen LogP contribution is -2.46. The first-order valence-electron chi connectivity index (χ1n) is 10.2. The van der Waals surface area contributed by atoms with E-state index in [4.69, 9.17) is 0 Å². The molecule has 0 radical (unpaired) electrons. The average molecular weight is 501 g/mol. The van der Waals surface area contributed by atoms with E-state index in [0.717, 1.165) is 24.1 Å². The molecule has 4 rings (SSSR count). The van der Waals surface area contributed by atoms with Crippen LogP contribution in [0.2, 0.25) is 0 Å². The molecule has 0 bridgehead atoms. The number of halogens is 2. The molecule has 2 aromatic carbocycles. The van der Waals surface area contributed by atoms with Gasteiger partial charge in [-0.05, 0) is 23.8 Å². The van der Waals surface area contributed by atoms with Crippen molar-refractivity contribution in [1.29, 1.82) is 0 Å². The second kappa shape index (κ2) is 10.0. The van der Waals surface area contributed by atoms with E-state index in [1.807, 2.05) is 23.1 Å². The minimum absolute atomic E-state index is 0.0629. The van der Waals surface area contributed by atoms with Gasteiger partial charge in [0, 0.05) is 49.3 Å². The van der Waals surface area contributed by atoms with Gasteiger partial charge in [0.1, 0.15) is 12.1 Å². The second-order valence-electron chi connectivity index (χ2n) is 7.49. The number of nitrogens with zero attached hydrogens (tertiary/aromatic N) is 5. The van der Waals surface area contributed by atoms with E-state index in [-0.39, 0.29) is 23.9 Å². The van der Waals surface area contributed by atoms with Crippen LogP contribution in [0.1, 0.15) is 11.1 Å². The average Bonchev–Trinajstić information content (AvgIpc) is 2.80. The monoisotopic (exact) mass is 500 g/mol. The van der Waals surface area contributed by atoms with Crippen molar-refractivity contribution in [3.63, 3.8) is 0 Å². The van der Waals surface area contributed by atoms with Crippen molar-refractivity contribution in [2.45, 2.75) is 13.1 Å². The number of hydrogen-bond donors (Lipinski definition) is 1. The molecule has 1 N–H and O–H groups in total. The largest absolute Gasteiger partial charge is 0.360 e. The van der Waals surface area contributed by atoms with Crippen LogP contribution in [-0.2, 0) is 13.1 Å². The number of nitrogens with one attached hydrogen (secondary N) is 1. The molecular formula is C22H22BrFN6O2. The molecule has 166 valence electrons. The van der Waals surface area contributed by atoms with E-state index >= 15 is 0 Å². The summed E-state index contributed by atoms with van der Waals surface area (Å²) in [6.45, 7) is 3.66. The van der Waals surface area contributed by atoms with Crippen LogP contribution >= 0.6 is 15.9 Å². The Kier molecular flexibility index (Phi) is 6.91. The molecule has 0 amide bonds. The zero-order chi connectivity index (χ0) is 22.5. The topological polar surface area (TPSA) is 87.4 Å². The highest BCUT2D eigenvalue weighted by Gasteiger charge is 2.29. The fraction of sp³-hybridized carbons (Fsp3) is 0.273. The molecule has 0 unspecified atom stereocenters. The van der Waals surface area contributed by atoms with Gasteiger partial charge >= 0.3 is 5.69 Å². The lowest BCUT2D eigenvalue weighted by atomic mass is 10.2. The molecule has 32 heavy (non-hydrogen) atoms. The molecule has 2 heterocycles. The SMILES string of the molecule is O=[N+]([O-])c1c(NCc2cc(Br)ccc2F)ncnc1N1CCN(Cc2ccccc2)CC1. The van der Waals surface area contributed by atoms with E-state index in [0.29, 0.717) is 18.7 Å². The summed E-state index contributed by atoms with van der Waals surface area (Å²) in [6, 6.07) is 14.8. The molecule has 0 spiro atoms. The van der Waals surface area contributed by atoms with Gasteiger partial charge in [-0.3, -0.25) is 15.0 Å². The molecule has 1 fully saturated rings. The molecule has 1 saturated heterocycles. The first kappa shape index (κ1) is 22.1. The number of aromatic nitrogens is 2. The summed E-state index contributed by atoms with van der Waals surface area (Å²) >= 11 is 3.31. The Hall–Kier alpha value is -3.11. The molecule has 8 nitrogen and oxygen atoms in total. The highest BCUT2D eigenvalue weighted by molar-refractivity contribution is 9.10. The van der Waals surface area contributed by atoms with Gasteiger partial charge in [0.25, 0.3) is 0 Å². The van der Waals surface area contributed by atoms with Crippen LogP contribution in [0.5, 0.6) is 0 Å². The fourth-order valence-corrected chi connectivity index (χ4v) is 4.12. The Morgan fingerprint density at radius 2 is 1.84 bits per heavy atom. The molecule has 1 aromatic heterocycles. The maximum atomic E-state index is 14.1. The van der Waals surface area contributed by atoms with E-state index in [2.05, 4.69) is 48.2 Å². The molecule has 1 aliphatic rings. The van der Waals surface area contributed by atoms with Crippen LogP contribution in [-0.4, -0.2) is 46.0 Å². The molecule has 10 heteroatoms. The van der Waals surface area contributed by atoms with E-state index in [1.165, 1.54) is 18.0 Å². The molecular weight excluding hydrogens is 479 g/mol. The molecule has 0 saturated carbocycles. The van der Waals surface area contributed by atoms with Gasteiger partial charge < -0.3 is 10.2 Å². The maximum absolute atomic E-state index is 14.1. The van der Waals surface area contributed by atoms with Gasteiger partial charge in [0.2, 0.25) is 11.6 Å². The quantitative estimate of drug-likeness (QED) is 0.383. The Bertz CT molecular complexity index is 1090. The predicted octanol–water partition coefficient (Wildman–Crippen LogP) is 4.22. The van der Waals surface area contributed by atoms with Crippen LogP contribution in [0.4, 0.5) is 21.7 Å². The third kappa shape index (κ3) is 5.20. The minimum atomic E-state index is -0.481. The first-order chi connectivity index (χ1) is 15.5. The van der Waals surface area contributed by atoms with Crippen LogP contribution in [0.3, 0.4) is 0 Å². The number of rotatable bonds is 7. The lowest BCUT2D eigenvalue weighted by molar-refractivity contribution is -0.383. The highest BCUT2D eigenvalue weighted by Crippen LogP contribution is 2.33. The van der Waals surface area contributed by atoms with Gasteiger partial charge in [-0.1, -0.05) is 46.3 Å². The van der Waals surface area contributed by atoms with Crippen LogP contribution in [0, 0.1) is 15.9 Å². The van der Waals surface area contributed by atoms with Crippen molar-refractivity contribution in [3.8, 4) is 0 Å². The summed E-state index contributed by atoms with van der Waals surface area (Å²) in [7, 11) is 0. The number of piperazine rings is 1. The van der Waals surface area contributed by atoms with Gasteiger partial charge in [-0.15, -0.1) is 0 Å². The van der Waals surface area contributed by atoms with Gasteiger partial charge in [-0.25, -0.2) is 14.4 Å². The Morgan fingerprint density at radius 3 is 2.56 bits per heavy atom. The van der Waals surface area contributed by atoms with Gasteiger partial charge in [0.05, 0.1) is 4.92 Å². The van der Waals surface area contributed by atoms with Crippen molar-refractivity contribution in [2.75, 3.05) is 36.4 Å². The standard InChI is InChI=1S/C22H22BrFN6O2/c23-18-6-7-19(24)17(12-18)13-25-21-20(30(31)32)22(27-15-26-21)29-10-8-28(9-11-29)14-16-4-2-1-3-5-16/h1-7,12,15H,8-11,13-14H2,(H,25,26,27). The minimum Gasteiger partial charge on any atom is -0.360 e. The Balaban J connectivity index is 1.47. The predicted molar refractivity (Wildman–Crippen MR) is 124 cm³/mol. The summed E-state index contributed by atoms with van der Waals surface area (Å²) in [5, 5.41) is 14.8. The summed E-state index contributed by atoms with van der Waals surface area (Å²) < 4.78 is 14.8.